The summed E-state index contributed by atoms with van der Waals surface area (Å²) in [5.41, 5.74) is 14.4. The quantitative estimate of drug-likeness (QED) is 0.165. The molecule has 1 aliphatic carbocycles. The molecule has 0 atom stereocenters. The van der Waals surface area contributed by atoms with Gasteiger partial charge in [0, 0.05) is 21.8 Å². The summed E-state index contributed by atoms with van der Waals surface area (Å²) in [4.78, 5) is 0. The highest BCUT2D eigenvalue weighted by molar-refractivity contribution is 6.28. The van der Waals surface area contributed by atoms with Crippen LogP contribution in [0.5, 0.6) is 0 Å². The fourth-order valence-corrected chi connectivity index (χ4v) is 10.6. The Hall–Kier alpha value is -7.22. The van der Waals surface area contributed by atoms with Gasteiger partial charge in [0.1, 0.15) is 11.2 Å². The van der Waals surface area contributed by atoms with Crippen molar-refractivity contribution in [1.82, 2.24) is 0 Å². The van der Waals surface area contributed by atoms with Gasteiger partial charge in [-0.2, -0.15) is 0 Å². The Morgan fingerprint density at radius 3 is 1.74 bits per heavy atom. The van der Waals surface area contributed by atoms with Gasteiger partial charge in [0.15, 0.2) is 0 Å². The first kappa shape index (κ1) is 31.9. The molecule has 11 aromatic carbocycles. The van der Waals surface area contributed by atoms with Gasteiger partial charge >= 0.3 is 0 Å². The summed E-state index contributed by atoms with van der Waals surface area (Å²) in [5.74, 6) is 0. The van der Waals surface area contributed by atoms with Gasteiger partial charge in [-0.15, -0.1) is 0 Å². The van der Waals surface area contributed by atoms with Crippen LogP contribution >= 0.6 is 0 Å². The van der Waals surface area contributed by atoms with Crippen LogP contribution in [0.2, 0.25) is 0 Å². The van der Waals surface area contributed by atoms with Gasteiger partial charge in [-0.25, -0.2) is 0 Å². The molecule has 1 nitrogen and oxygen atoms in total. The van der Waals surface area contributed by atoms with E-state index in [2.05, 4.69) is 196 Å². The monoisotopic (exact) mass is 736 g/mol. The van der Waals surface area contributed by atoms with E-state index in [9.17, 15) is 0 Å². The van der Waals surface area contributed by atoms with Crippen molar-refractivity contribution < 1.29 is 4.42 Å². The van der Waals surface area contributed by atoms with Crippen molar-refractivity contribution in [3.8, 4) is 44.5 Å². The number of benzene rings is 11. The summed E-state index contributed by atoms with van der Waals surface area (Å²) in [6, 6.07) is 67.7. The second-order valence-electron chi connectivity index (χ2n) is 16.8. The zero-order chi connectivity index (χ0) is 38.3. The summed E-state index contributed by atoms with van der Waals surface area (Å²) >= 11 is 0. The first-order valence-corrected chi connectivity index (χ1v) is 20.3. The van der Waals surface area contributed by atoms with Gasteiger partial charge in [0.2, 0.25) is 0 Å². The zero-order valence-electron chi connectivity index (χ0n) is 32.2. The molecule has 1 aromatic heterocycles. The van der Waals surface area contributed by atoms with Crippen molar-refractivity contribution in [3.05, 3.63) is 193 Å². The first-order valence-electron chi connectivity index (χ1n) is 20.3. The summed E-state index contributed by atoms with van der Waals surface area (Å²) in [6.07, 6.45) is 0. The lowest BCUT2D eigenvalue weighted by Crippen LogP contribution is -2.14. The minimum absolute atomic E-state index is 0.0637. The third-order valence-corrected chi connectivity index (χ3v) is 13.4. The van der Waals surface area contributed by atoms with Crippen molar-refractivity contribution in [2.24, 2.45) is 0 Å². The molecule has 0 N–H and O–H groups in total. The van der Waals surface area contributed by atoms with E-state index in [-0.39, 0.29) is 5.41 Å². The van der Waals surface area contributed by atoms with Crippen molar-refractivity contribution in [3.63, 3.8) is 0 Å². The molecule has 0 saturated heterocycles. The molecule has 0 spiro atoms. The van der Waals surface area contributed by atoms with E-state index < -0.39 is 0 Å². The molecule has 0 saturated carbocycles. The van der Waals surface area contributed by atoms with Crippen LogP contribution in [0.1, 0.15) is 25.0 Å². The lowest BCUT2D eigenvalue weighted by atomic mass is 9.81. The van der Waals surface area contributed by atoms with Crippen molar-refractivity contribution in [2.75, 3.05) is 0 Å². The zero-order valence-corrected chi connectivity index (χ0v) is 32.2. The Kier molecular flexibility index (Phi) is 6.29. The smallest absolute Gasteiger partial charge is 0.143 e. The first-order chi connectivity index (χ1) is 28.5. The van der Waals surface area contributed by atoms with E-state index in [0.29, 0.717) is 0 Å². The van der Waals surface area contributed by atoms with Gasteiger partial charge in [-0.3, -0.25) is 0 Å². The van der Waals surface area contributed by atoms with E-state index in [4.69, 9.17) is 4.42 Å². The fraction of sp³-hybridized carbons (Fsp3) is 0.0526. The summed E-state index contributed by atoms with van der Waals surface area (Å²) in [6.45, 7) is 4.72. The normalized spacial score (nSPS) is 13.5. The van der Waals surface area contributed by atoms with Gasteiger partial charge < -0.3 is 4.42 Å². The maximum Gasteiger partial charge on any atom is 0.143 e. The fourth-order valence-electron chi connectivity index (χ4n) is 10.6. The maximum absolute atomic E-state index is 7.10. The Morgan fingerprint density at radius 2 is 0.897 bits per heavy atom. The lowest BCUT2D eigenvalue weighted by Gasteiger charge is -2.22. The number of hydrogen-bond donors (Lipinski definition) is 0. The van der Waals surface area contributed by atoms with Crippen LogP contribution in [-0.4, -0.2) is 0 Å². The van der Waals surface area contributed by atoms with Crippen LogP contribution in [0.15, 0.2) is 186 Å². The average molecular weight is 737 g/mol. The van der Waals surface area contributed by atoms with Crippen LogP contribution < -0.4 is 0 Å². The van der Waals surface area contributed by atoms with Crippen LogP contribution in [0, 0.1) is 0 Å². The highest BCUT2D eigenvalue weighted by Crippen LogP contribution is 2.51. The van der Waals surface area contributed by atoms with Crippen molar-refractivity contribution >= 4 is 75.8 Å². The highest BCUT2D eigenvalue weighted by Gasteiger charge is 2.35. The summed E-state index contributed by atoms with van der Waals surface area (Å²) in [5, 5.41) is 14.9. The van der Waals surface area contributed by atoms with E-state index in [1.807, 2.05) is 0 Å². The molecular formula is C57H36O. The average Bonchev–Trinajstić information content (AvgIpc) is 3.75. The van der Waals surface area contributed by atoms with Crippen LogP contribution in [0.4, 0.5) is 0 Å². The molecule has 0 amide bonds. The van der Waals surface area contributed by atoms with Crippen molar-refractivity contribution in [2.45, 2.75) is 19.3 Å². The standard InChI is InChI=1S/C57H36O/c1-57(2)50-17-8-7-16-44(50)45-24-22-38(31-51(45)57)39-26-27-42(41-15-6-5-14-40(39)41)48-29-28-47(55-49-30-36-10-3-4-11-37(36)32-52(49)58-56(48)55)43-23-20-35-19-18-33-12-9-13-34-21-25-46(43)54(35)53(33)34/h3-32H,1-2H3. The second kappa shape index (κ2) is 11.4. The largest absolute Gasteiger partial charge is 0.455 e. The predicted molar refractivity (Wildman–Crippen MR) is 246 cm³/mol. The Labute approximate surface area is 335 Å². The van der Waals surface area contributed by atoms with Crippen molar-refractivity contribution in [1.29, 1.82) is 0 Å². The molecule has 1 heterocycles. The topological polar surface area (TPSA) is 13.1 Å². The summed E-state index contributed by atoms with van der Waals surface area (Å²) < 4.78 is 7.10. The van der Waals surface area contributed by atoms with Crippen LogP contribution in [-0.2, 0) is 5.41 Å². The van der Waals surface area contributed by atoms with Gasteiger partial charge in [0.25, 0.3) is 0 Å². The van der Waals surface area contributed by atoms with E-state index in [0.717, 1.165) is 27.5 Å². The molecule has 270 valence electrons. The highest BCUT2D eigenvalue weighted by atomic mass is 16.3. The Balaban J connectivity index is 1.06. The van der Waals surface area contributed by atoms with Crippen LogP contribution in [0.3, 0.4) is 0 Å². The number of fused-ring (bicyclic) bond motifs is 8. The molecule has 13 rings (SSSR count). The SMILES string of the molecule is CC1(C)c2ccccc2-c2ccc(-c3ccc(-c4ccc(-c5ccc6ccc7cccc8ccc5c6c78)c5c4oc4cc6ccccc6cc45)c4ccccc34)cc21. The van der Waals surface area contributed by atoms with E-state index >= 15 is 0 Å². The van der Waals surface area contributed by atoms with E-state index in [1.165, 1.54) is 104 Å². The minimum Gasteiger partial charge on any atom is -0.455 e. The number of rotatable bonds is 3. The molecule has 0 bridgehead atoms. The van der Waals surface area contributed by atoms with Gasteiger partial charge in [0.05, 0.1) is 0 Å². The molecule has 12 aromatic rings. The van der Waals surface area contributed by atoms with Crippen LogP contribution in [0.25, 0.3) is 120 Å². The van der Waals surface area contributed by atoms with Gasteiger partial charge in [-0.05, 0) is 128 Å². The molecule has 0 unspecified atom stereocenters. The number of hydrogen-bond acceptors (Lipinski definition) is 1. The third kappa shape index (κ3) is 4.25. The maximum atomic E-state index is 7.10. The minimum atomic E-state index is -0.0637. The van der Waals surface area contributed by atoms with Gasteiger partial charge in [-0.1, -0.05) is 172 Å². The lowest BCUT2D eigenvalue weighted by molar-refractivity contribution is 0.660. The molecule has 0 fully saturated rings. The Morgan fingerprint density at radius 1 is 0.328 bits per heavy atom. The molecular weight excluding hydrogens is 701 g/mol. The van der Waals surface area contributed by atoms with E-state index in [1.54, 1.807) is 0 Å². The molecule has 0 radical (unpaired) electrons. The number of furan rings is 1. The Bertz CT molecular complexity index is 3690. The third-order valence-electron chi connectivity index (χ3n) is 13.4. The second-order valence-corrected chi connectivity index (χ2v) is 16.8. The molecule has 1 aliphatic rings. The molecule has 58 heavy (non-hydrogen) atoms. The predicted octanol–water partition coefficient (Wildman–Crippen LogP) is 16.1. The molecule has 1 heteroatoms. The molecule has 0 aliphatic heterocycles. The summed E-state index contributed by atoms with van der Waals surface area (Å²) in [7, 11) is 0.